The molecule has 0 aromatic heterocycles. The van der Waals surface area contributed by atoms with Gasteiger partial charge in [-0.2, -0.15) is 0 Å². The van der Waals surface area contributed by atoms with E-state index in [-0.39, 0.29) is 30.7 Å². The van der Waals surface area contributed by atoms with Gasteiger partial charge >= 0.3 is 5.97 Å². The third kappa shape index (κ3) is 7.08. The van der Waals surface area contributed by atoms with Crippen molar-refractivity contribution >= 4 is 11.8 Å². The second-order valence-electron chi connectivity index (χ2n) is 3.54. The molecule has 4 nitrogen and oxygen atoms in total. The lowest BCUT2D eigenvalue weighted by molar-refractivity contribution is -0.146. The summed E-state index contributed by atoms with van der Waals surface area (Å²) in [6.07, 6.45) is 2.25. The van der Waals surface area contributed by atoms with E-state index in [1.807, 2.05) is 0 Å². The van der Waals surface area contributed by atoms with Gasteiger partial charge in [0.2, 0.25) is 0 Å². The molecule has 0 aromatic rings. The average Bonchev–Trinajstić information content (AvgIpc) is 2.16. The number of carbonyl (C=O) groups is 2. The summed E-state index contributed by atoms with van der Waals surface area (Å²) in [4.78, 5) is 22.4. The second-order valence-corrected chi connectivity index (χ2v) is 3.54. The van der Waals surface area contributed by atoms with E-state index in [2.05, 4.69) is 0 Å². The predicted octanol–water partition coefficient (Wildman–Crippen LogP) is 1.31. The van der Waals surface area contributed by atoms with Gasteiger partial charge in [-0.25, -0.2) is 0 Å². The fourth-order valence-electron chi connectivity index (χ4n) is 1.37. The summed E-state index contributed by atoms with van der Waals surface area (Å²) in [5, 5.41) is 8.61. The zero-order valence-corrected chi connectivity index (χ0v) is 9.49. The second kappa shape index (κ2) is 8.41. The van der Waals surface area contributed by atoms with Crippen molar-refractivity contribution < 1.29 is 19.4 Å². The molecule has 0 bridgehead atoms. The SMILES string of the molecule is CCOC(=O)CC(CCCCO)C(C)=O. The molecule has 0 saturated carbocycles. The van der Waals surface area contributed by atoms with Gasteiger partial charge in [0, 0.05) is 12.5 Å². The topological polar surface area (TPSA) is 63.6 Å². The first-order chi connectivity index (χ1) is 7.11. The first-order valence-electron chi connectivity index (χ1n) is 5.38. The maximum atomic E-state index is 11.2. The first-order valence-corrected chi connectivity index (χ1v) is 5.38. The van der Waals surface area contributed by atoms with Crippen molar-refractivity contribution in [1.29, 1.82) is 0 Å². The highest BCUT2D eigenvalue weighted by Crippen LogP contribution is 2.14. The van der Waals surface area contributed by atoms with Gasteiger partial charge in [0.15, 0.2) is 0 Å². The Morgan fingerprint density at radius 2 is 2.00 bits per heavy atom. The molecule has 0 rings (SSSR count). The van der Waals surface area contributed by atoms with E-state index in [9.17, 15) is 9.59 Å². The van der Waals surface area contributed by atoms with Gasteiger partial charge in [0.1, 0.15) is 5.78 Å². The Balaban J connectivity index is 3.93. The Bertz CT molecular complexity index is 201. The molecule has 0 fully saturated rings. The monoisotopic (exact) mass is 216 g/mol. The van der Waals surface area contributed by atoms with Crippen molar-refractivity contribution in [3.63, 3.8) is 0 Å². The Morgan fingerprint density at radius 3 is 2.47 bits per heavy atom. The van der Waals surface area contributed by atoms with Crippen LogP contribution in [-0.2, 0) is 14.3 Å². The Hall–Kier alpha value is -0.900. The summed E-state index contributed by atoms with van der Waals surface area (Å²) in [6, 6.07) is 0. The van der Waals surface area contributed by atoms with Crippen LogP contribution in [-0.4, -0.2) is 30.1 Å². The van der Waals surface area contributed by atoms with Crippen LogP contribution in [0.5, 0.6) is 0 Å². The minimum absolute atomic E-state index is 0.0148. The first kappa shape index (κ1) is 14.1. The molecule has 15 heavy (non-hydrogen) atoms. The lowest BCUT2D eigenvalue weighted by Gasteiger charge is -2.12. The largest absolute Gasteiger partial charge is 0.466 e. The van der Waals surface area contributed by atoms with Crippen LogP contribution in [0.25, 0.3) is 0 Å². The normalized spacial score (nSPS) is 12.2. The van der Waals surface area contributed by atoms with Crippen molar-refractivity contribution in [3.8, 4) is 0 Å². The summed E-state index contributed by atoms with van der Waals surface area (Å²) >= 11 is 0. The molecular weight excluding hydrogens is 196 g/mol. The fraction of sp³-hybridized carbons (Fsp3) is 0.818. The lowest BCUT2D eigenvalue weighted by atomic mass is 9.95. The smallest absolute Gasteiger partial charge is 0.306 e. The van der Waals surface area contributed by atoms with Crippen LogP contribution in [0.3, 0.4) is 0 Å². The van der Waals surface area contributed by atoms with E-state index >= 15 is 0 Å². The number of carbonyl (C=O) groups excluding carboxylic acids is 2. The molecule has 0 radical (unpaired) electrons. The number of ketones is 1. The van der Waals surface area contributed by atoms with Gasteiger partial charge < -0.3 is 9.84 Å². The number of aliphatic hydroxyl groups is 1. The van der Waals surface area contributed by atoms with Crippen LogP contribution in [0.15, 0.2) is 0 Å². The van der Waals surface area contributed by atoms with Crippen LogP contribution in [0.2, 0.25) is 0 Å². The van der Waals surface area contributed by atoms with E-state index in [1.54, 1.807) is 6.92 Å². The van der Waals surface area contributed by atoms with E-state index in [4.69, 9.17) is 9.84 Å². The molecule has 4 heteroatoms. The number of unbranched alkanes of at least 4 members (excludes halogenated alkanes) is 1. The predicted molar refractivity (Wildman–Crippen MR) is 56.4 cm³/mol. The third-order valence-electron chi connectivity index (χ3n) is 2.25. The van der Waals surface area contributed by atoms with Crippen molar-refractivity contribution in [2.75, 3.05) is 13.2 Å². The van der Waals surface area contributed by atoms with Crippen LogP contribution in [0.1, 0.15) is 39.5 Å². The molecule has 0 aliphatic rings. The molecule has 0 aliphatic heterocycles. The minimum atomic E-state index is -0.318. The van der Waals surface area contributed by atoms with E-state index in [0.29, 0.717) is 19.4 Å². The van der Waals surface area contributed by atoms with Crippen molar-refractivity contribution in [1.82, 2.24) is 0 Å². The number of Topliss-reactive ketones (excluding diaryl/α,β-unsaturated/α-hetero) is 1. The van der Waals surface area contributed by atoms with Crippen LogP contribution in [0.4, 0.5) is 0 Å². The number of rotatable bonds is 8. The number of hydrogen-bond acceptors (Lipinski definition) is 4. The zero-order chi connectivity index (χ0) is 11.7. The zero-order valence-electron chi connectivity index (χ0n) is 9.49. The van der Waals surface area contributed by atoms with Gasteiger partial charge in [-0.15, -0.1) is 0 Å². The lowest BCUT2D eigenvalue weighted by Crippen LogP contribution is -2.17. The molecule has 0 saturated heterocycles. The number of ether oxygens (including phenoxy) is 1. The van der Waals surface area contributed by atoms with Gasteiger partial charge in [-0.3, -0.25) is 9.59 Å². The number of aliphatic hydroxyl groups excluding tert-OH is 1. The summed E-state index contributed by atoms with van der Waals surface area (Å²) < 4.78 is 4.79. The molecular formula is C11H20O4. The van der Waals surface area contributed by atoms with Gasteiger partial charge in [-0.1, -0.05) is 6.42 Å². The maximum Gasteiger partial charge on any atom is 0.306 e. The Kier molecular flexibility index (Phi) is 7.91. The standard InChI is InChI=1S/C11H20O4/c1-3-15-11(14)8-10(9(2)13)6-4-5-7-12/h10,12H,3-8H2,1-2H3. The molecule has 0 spiro atoms. The average molecular weight is 216 g/mol. The van der Waals surface area contributed by atoms with Crippen LogP contribution < -0.4 is 0 Å². The van der Waals surface area contributed by atoms with E-state index < -0.39 is 0 Å². The molecule has 0 aromatic carbocycles. The van der Waals surface area contributed by atoms with Gasteiger partial charge in [-0.05, 0) is 26.7 Å². The minimum Gasteiger partial charge on any atom is -0.466 e. The van der Waals surface area contributed by atoms with E-state index in [1.165, 1.54) is 6.92 Å². The highest BCUT2D eigenvalue weighted by molar-refractivity contribution is 5.83. The maximum absolute atomic E-state index is 11.2. The summed E-state index contributed by atoms with van der Waals surface area (Å²) in [6.45, 7) is 3.71. The quantitative estimate of drug-likeness (QED) is 0.491. The fourth-order valence-corrected chi connectivity index (χ4v) is 1.37. The van der Waals surface area contributed by atoms with Crippen molar-refractivity contribution in [2.45, 2.75) is 39.5 Å². The highest BCUT2D eigenvalue weighted by Gasteiger charge is 2.18. The van der Waals surface area contributed by atoms with Crippen molar-refractivity contribution in [2.24, 2.45) is 5.92 Å². The number of hydrogen-bond donors (Lipinski definition) is 1. The van der Waals surface area contributed by atoms with Crippen LogP contribution >= 0.6 is 0 Å². The Morgan fingerprint density at radius 1 is 1.33 bits per heavy atom. The molecule has 0 aliphatic carbocycles. The Labute approximate surface area is 90.6 Å². The highest BCUT2D eigenvalue weighted by atomic mass is 16.5. The van der Waals surface area contributed by atoms with Crippen molar-refractivity contribution in [3.05, 3.63) is 0 Å². The van der Waals surface area contributed by atoms with Crippen LogP contribution in [0, 0.1) is 5.92 Å². The molecule has 1 unspecified atom stereocenters. The summed E-state index contributed by atoms with van der Waals surface area (Å²) in [7, 11) is 0. The molecule has 0 heterocycles. The third-order valence-corrected chi connectivity index (χ3v) is 2.25. The van der Waals surface area contributed by atoms with Gasteiger partial charge in [0.25, 0.3) is 0 Å². The van der Waals surface area contributed by atoms with E-state index in [0.717, 1.165) is 6.42 Å². The molecule has 1 N–H and O–H groups in total. The number of esters is 1. The molecule has 0 amide bonds. The molecule has 88 valence electrons. The molecule has 1 atom stereocenters. The van der Waals surface area contributed by atoms with Gasteiger partial charge in [0.05, 0.1) is 13.0 Å². The summed E-state index contributed by atoms with van der Waals surface area (Å²) in [5.41, 5.74) is 0. The summed E-state index contributed by atoms with van der Waals surface area (Å²) in [5.74, 6) is -0.557.